The van der Waals surface area contributed by atoms with Crippen LogP contribution in [0.1, 0.15) is 25.0 Å². The average molecular weight is 502 g/mol. The first-order valence-corrected chi connectivity index (χ1v) is 13.5. The first-order chi connectivity index (χ1) is 19.1. The molecule has 1 aliphatic rings. The molecule has 0 aliphatic heterocycles. The second kappa shape index (κ2) is 8.09. The van der Waals surface area contributed by atoms with Crippen molar-refractivity contribution in [1.29, 1.82) is 0 Å². The molecule has 2 nitrogen and oxygen atoms in total. The Morgan fingerprint density at radius 3 is 2.23 bits per heavy atom. The fourth-order valence-corrected chi connectivity index (χ4v) is 6.56. The van der Waals surface area contributed by atoms with Crippen molar-refractivity contribution in [3.63, 3.8) is 0 Å². The summed E-state index contributed by atoms with van der Waals surface area (Å²) < 4.78 is 6.55. The molecule has 0 bridgehead atoms. The minimum absolute atomic E-state index is 0.0744. The lowest BCUT2D eigenvalue weighted by molar-refractivity contribution is 0.660. The van der Waals surface area contributed by atoms with Gasteiger partial charge in [-0.1, -0.05) is 98.8 Å². The maximum atomic E-state index is 6.55. The van der Waals surface area contributed by atoms with E-state index in [1.165, 1.54) is 22.3 Å². The van der Waals surface area contributed by atoms with Crippen LogP contribution in [0.15, 0.2) is 132 Å². The lowest BCUT2D eigenvalue weighted by Crippen LogP contribution is -2.16. The van der Waals surface area contributed by atoms with Gasteiger partial charge in [0.15, 0.2) is 0 Å². The van der Waals surface area contributed by atoms with Crippen molar-refractivity contribution in [2.75, 3.05) is 4.90 Å². The van der Waals surface area contributed by atoms with Crippen LogP contribution in [0.2, 0.25) is 0 Å². The molecule has 0 amide bonds. The van der Waals surface area contributed by atoms with Gasteiger partial charge in [0.1, 0.15) is 11.2 Å². The molecular formula is C37H27NO. The minimum atomic E-state index is -0.0744. The van der Waals surface area contributed by atoms with E-state index in [0.717, 1.165) is 49.8 Å². The van der Waals surface area contributed by atoms with Crippen molar-refractivity contribution >= 4 is 49.8 Å². The summed E-state index contributed by atoms with van der Waals surface area (Å²) in [7, 11) is 0. The molecule has 6 aromatic carbocycles. The summed E-state index contributed by atoms with van der Waals surface area (Å²) in [6.45, 7) is 4.67. The van der Waals surface area contributed by atoms with Crippen LogP contribution in [0, 0.1) is 0 Å². The Kier molecular flexibility index (Phi) is 4.60. The van der Waals surface area contributed by atoms with Gasteiger partial charge < -0.3 is 9.32 Å². The highest BCUT2D eigenvalue weighted by atomic mass is 16.3. The van der Waals surface area contributed by atoms with Gasteiger partial charge in [0.2, 0.25) is 0 Å². The number of fused-ring (bicyclic) bond motifs is 8. The summed E-state index contributed by atoms with van der Waals surface area (Å²) in [5.74, 6) is 0. The molecule has 1 aliphatic carbocycles. The Labute approximate surface area is 227 Å². The number of nitrogens with zero attached hydrogens (tertiary/aromatic N) is 1. The number of para-hydroxylation sites is 2. The summed E-state index contributed by atoms with van der Waals surface area (Å²) in [5.41, 5.74) is 10.5. The topological polar surface area (TPSA) is 16.4 Å². The van der Waals surface area contributed by atoms with E-state index in [4.69, 9.17) is 4.42 Å². The van der Waals surface area contributed by atoms with E-state index < -0.39 is 0 Å². The Hall–Kier alpha value is -4.82. The smallest absolute Gasteiger partial charge is 0.145 e. The van der Waals surface area contributed by atoms with Gasteiger partial charge in [-0.15, -0.1) is 0 Å². The van der Waals surface area contributed by atoms with Crippen molar-refractivity contribution in [2.24, 2.45) is 0 Å². The predicted molar refractivity (Wildman–Crippen MR) is 163 cm³/mol. The van der Waals surface area contributed by atoms with Gasteiger partial charge in [-0.05, 0) is 70.1 Å². The zero-order valence-electron chi connectivity index (χ0n) is 22.0. The second-order valence-corrected chi connectivity index (χ2v) is 11.0. The third-order valence-electron chi connectivity index (χ3n) is 8.45. The summed E-state index contributed by atoms with van der Waals surface area (Å²) in [6, 6.07) is 45.7. The Balaban J connectivity index is 1.42. The van der Waals surface area contributed by atoms with E-state index in [-0.39, 0.29) is 5.41 Å². The molecule has 0 radical (unpaired) electrons. The normalized spacial score (nSPS) is 13.6. The Morgan fingerprint density at radius 2 is 1.33 bits per heavy atom. The van der Waals surface area contributed by atoms with Gasteiger partial charge in [-0.2, -0.15) is 0 Å². The highest BCUT2D eigenvalue weighted by molar-refractivity contribution is 6.19. The molecule has 0 N–H and O–H groups in total. The third kappa shape index (κ3) is 3.15. The SMILES string of the molecule is CC1(C)c2ccccc2-c2ccc(N(c3ccccc3)c3cccc4ccc5c6ccccc6oc5c34)cc21. The molecule has 39 heavy (non-hydrogen) atoms. The van der Waals surface area contributed by atoms with Crippen LogP contribution >= 0.6 is 0 Å². The van der Waals surface area contributed by atoms with E-state index in [0.29, 0.717) is 0 Å². The molecule has 0 saturated heterocycles. The van der Waals surface area contributed by atoms with E-state index in [1.807, 2.05) is 6.07 Å². The summed E-state index contributed by atoms with van der Waals surface area (Å²) >= 11 is 0. The molecule has 2 heteroatoms. The monoisotopic (exact) mass is 501 g/mol. The van der Waals surface area contributed by atoms with Gasteiger partial charge in [0.05, 0.1) is 5.69 Å². The van der Waals surface area contributed by atoms with Crippen LogP contribution in [0.3, 0.4) is 0 Å². The number of anilines is 3. The number of furan rings is 1. The lowest BCUT2D eigenvalue weighted by atomic mass is 9.82. The summed E-state index contributed by atoms with van der Waals surface area (Å²) in [5, 5.41) is 4.57. The van der Waals surface area contributed by atoms with Crippen LogP contribution in [0.5, 0.6) is 0 Å². The standard InChI is InChI=1S/C37H27NO/c1-37(2)31-16-8-6-14-27(31)28-22-20-26(23-32(28)37)38(25-12-4-3-5-13-25)33-17-10-11-24-19-21-30-29-15-7-9-18-34(29)39-36(30)35(24)33/h3-23H,1-2H3. The van der Waals surface area contributed by atoms with Gasteiger partial charge >= 0.3 is 0 Å². The maximum Gasteiger partial charge on any atom is 0.145 e. The number of benzene rings is 6. The van der Waals surface area contributed by atoms with Crippen molar-refractivity contribution in [3.8, 4) is 11.1 Å². The van der Waals surface area contributed by atoms with Crippen LogP contribution in [0.4, 0.5) is 17.1 Å². The molecule has 186 valence electrons. The predicted octanol–water partition coefficient (Wildman–Crippen LogP) is 10.5. The quantitative estimate of drug-likeness (QED) is 0.239. The van der Waals surface area contributed by atoms with Crippen LogP contribution < -0.4 is 4.90 Å². The first kappa shape index (κ1) is 22.2. The van der Waals surface area contributed by atoms with E-state index in [2.05, 4.69) is 140 Å². The first-order valence-electron chi connectivity index (χ1n) is 13.5. The van der Waals surface area contributed by atoms with Crippen molar-refractivity contribution in [3.05, 3.63) is 139 Å². The largest absolute Gasteiger partial charge is 0.455 e. The Bertz CT molecular complexity index is 2050. The molecule has 0 atom stereocenters. The molecule has 0 saturated carbocycles. The van der Waals surface area contributed by atoms with E-state index in [9.17, 15) is 0 Å². The van der Waals surface area contributed by atoms with Crippen LogP contribution in [-0.4, -0.2) is 0 Å². The number of hydrogen-bond donors (Lipinski definition) is 0. The Morgan fingerprint density at radius 1 is 0.564 bits per heavy atom. The molecule has 0 unspecified atom stereocenters. The van der Waals surface area contributed by atoms with Crippen molar-refractivity contribution in [1.82, 2.24) is 0 Å². The molecule has 0 spiro atoms. The molecule has 8 rings (SSSR count). The molecular weight excluding hydrogens is 474 g/mol. The van der Waals surface area contributed by atoms with Gasteiger partial charge in [-0.25, -0.2) is 0 Å². The van der Waals surface area contributed by atoms with Crippen molar-refractivity contribution in [2.45, 2.75) is 19.3 Å². The van der Waals surface area contributed by atoms with Crippen LogP contribution in [-0.2, 0) is 5.41 Å². The second-order valence-electron chi connectivity index (χ2n) is 11.0. The number of rotatable bonds is 3. The number of hydrogen-bond acceptors (Lipinski definition) is 2. The molecule has 1 aromatic heterocycles. The maximum absolute atomic E-state index is 6.55. The highest BCUT2D eigenvalue weighted by Crippen LogP contribution is 2.51. The summed E-state index contributed by atoms with van der Waals surface area (Å²) in [6.07, 6.45) is 0. The van der Waals surface area contributed by atoms with Crippen molar-refractivity contribution < 1.29 is 4.42 Å². The molecule has 0 fully saturated rings. The molecule has 7 aromatic rings. The zero-order chi connectivity index (χ0) is 26.1. The zero-order valence-corrected chi connectivity index (χ0v) is 22.0. The van der Waals surface area contributed by atoms with Crippen LogP contribution in [0.25, 0.3) is 43.8 Å². The lowest BCUT2D eigenvalue weighted by Gasteiger charge is -2.29. The van der Waals surface area contributed by atoms with E-state index in [1.54, 1.807) is 0 Å². The van der Waals surface area contributed by atoms with Gasteiger partial charge in [-0.3, -0.25) is 0 Å². The highest BCUT2D eigenvalue weighted by Gasteiger charge is 2.35. The molecule has 1 heterocycles. The fourth-order valence-electron chi connectivity index (χ4n) is 6.56. The average Bonchev–Trinajstić information content (AvgIpc) is 3.47. The van der Waals surface area contributed by atoms with Gasteiger partial charge in [0, 0.05) is 32.9 Å². The summed E-state index contributed by atoms with van der Waals surface area (Å²) in [4.78, 5) is 2.38. The van der Waals surface area contributed by atoms with Gasteiger partial charge in [0.25, 0.3) is 0 Å². The van der Waals surface area contributed by atoms with E-state index >= 15 is 0 Å². The third-order valence-corrected chi connectivity index (χ3v) is 8.45. The fraction of sp³-hybridized carbons (Fsp3) is 0.0811. The minimum Gasteiger partial charge on any atom is -0.455 e.